The molecular weight excluding hydrogens is 801 g/mol. The summed E-state index contributed by atoms with van der Waals surface area (Å²) in [7, 11) is 3.73. The number of carboxylic acid groups (broad SMARTS) is 1. The molecule has 11 nitrogen and oxygen atoms in total. The Hall–Kier alpha value is -7.47. The van der Waals surface area contributed by atoms with E-state index in [4.69, 9.17) is 18.9 Å². The second-order valence-electron chi connectivity index (χ2n) is 16.3. The average molecular weight is 849 g/mol. The Morgan fingerprint density at radius 1 is 0.656 bits per heavy atom. The maximum atomic E-state index is 11.1. The number of benzene rings is 6. The summed E-state index contributed by atoms with van der Waals surface area (Å²) >= 11 is 0. The first-order valence-corrected chi connectivity index (χ1v) is 21.3. The fraction of sp³-hybridized carbons (Fsp3) is 0.189. The van der Waals surface area contributed by atoms with E-state index < -0.39 is 5.97 Å². The smallest absolute Gasteiger partial charge is 0.317 e. The molecule has 0 fully saturated rings. The Morgan fingerprint density at radius 3 is 1.91 bits per heavy atom. The number of hydrogen-bond acceptors (Lipinski definition) is 9. The molecule has 64 heavy (non-hydrogen) atoms. The quantitative estimate of drug-likeness (QED) is 0.142. The van der Waals surface area contributed by atoms with E-state index >= 15 is 0 Å². The third-order valence-corrected chi connectivity index (χ3v) is 11.9. The normalized spacial score (nSPS) is 12.5. The number of rotatable bonds is 10. The summed E-state index contributed by atoms with van der Waals surface area (Å²) in [6.07, 6.45) is 2.88. The molecule has 0 saturated heterocycles. The van der Waals surface area contributed by atoms with Gasteiger partial charge >= 0.3 is 5.97 Å². The molecule has 0 unspecified atom stereocenters. The van der Waals surface area contributed by atoms with Crippen molar-refractivity contribution in [3.05, 3.63) is 167 Å². The number of ether oxygens (including phenoxy) is 1. The van der Waals surface area contributed by atoms with E-state index in [-0.39, 0.29) is 6.54 Å². The van der Waals surface area contributed by atoms with E-state index in [0.29, 0.717) is 36.6 Å². The molecule has 6 aromatic carbocycles. The Kier molecular flexibility index (Phi) is 11.8. The third kappa shape index (κ3) is 8.76. The van der Waals surface area contributed by atoms with Crippen molar-refractivity contribution in [1.29, 1.82) is 0 Å². The fourth-order valence-corrected chi connectivity index (χ4v) is 8.53. The van der Waals surface area contributed by atoms with Gasteiger partial charge in [-0.05, 0) is 137 Å². The zero-order chi connectivity index (χ0) is 44.3. The lowest BCUT2D eigenvalue weighted by atomic mass is 9.94. The minimum absolute atomic E-state index is 0.0400. The molecule has 0 bridgehead atoms. The molecule has 0 radical (unpaired) electrons. The van der Waals surface area contributed by atoms with E-state index in [1.807, 2.05) is 60.5 Å². The molecule has 0 spiro atoms. The lowest BCUT2D eigenvalue weighted by molar-refractivity contribution is -0.138. The number of carbonyl (C=O) groups is 1. The maximum absolute atomic E-state index is 11.1. The minimum Gasteiger partial charge on any atom is -0.480 e. The van der Waals surface area contributed by atoms with Crippen LogP contribution in [0.2, 0.25) is 0 Å². The topological polar surface area (TPSA) is 133 Å². The van der Waals surface area contributed by atoms with Crippen molar-refractivity contribution in [3.63, 3.8) is 0 Å². The highest BCUT2D eigenvalue weighted by atomic mass is 16.5. The first kappa shape index (κ1) is 41.9. The highest BCUT2D eigenvalue weighted by Crippen LogP contribution is 2.34. The van der Waals surface area contributed by atoms with Crippen LogP contribution < -0.4 is 0 Å². The predicted molar refractivity (Wildman–Crippen MR) is 249 cm³/mol. The van der Waals surface area contributed by atoms with Crippen LogP contribution in [0.15, 0.2) is 143 Å². The van der Waals surface area contributed by atoms with Crippen molar-refractivity contribution in [2.24, 2.45) is 7.05 Å². The van der Waals surface area contributed by atoms with Crippen LogP contribution in [-0.2, 0) is 36.2 Å². The molecule has 320 valence electrons. The summed E-state index contributed by atoms with van der Waals surface area (Å²) < 4.78 is 18.8. The molecule has 0 atom stereocenters. The van der Waals surface area contributed by atoms with Gasteiger partial charge < -0.3 is 23.5 Å². The molecule has 10 rings (SSSR count). The van der Waals surface area contributed by atoms with E-state index in [0.717, 1.165) is 57.3 Å². The van der Waals surface area contributed by atoms with Gasteiger partial charge in [0.15, 0.2) is 0 Å². The zero-order valence-electron chi connectivity index (χ0n) is 36.5. The first-order valence-electron chi connectivity index (χ1n) is 21.3. The fourth-order valence-electron chi connectivity index (χ4n) is 8.53. The van der Waals surface area contributed by atoms with Gasteiger partial charge in [-0.2, -0.15) is 9.97 Å². The molecule has 11 heteroatoms. The molecule has 9 aromatic rings. The summed E-state index contributed by atoms with van der Waals surface area (Å²) in [5.74, 6) is 1.28. The summed E-state index contributed by atoms with van der Waals surface area (Å²) in [5, 5.41) is 18.7. The Morgan fingerprint density at radius 2 is 1.25 bits per heavy atom. The van der Waals surface area contributed by atoms with E-state index in [1.54, 1.807) is 7.11 Å². The average Bonchev–Trinajstić information content (AvgIpc) is 4.08. The van der Waals surface area contributed by atoms with Crippen LogP contribution in [-0.4, -0.2) is 61.0 Å². The summed E-state index contributed by atoms with van der Waals surface area (Å²) in [6, 6.07) is 43.5. The van der Waals surface area contributed by atoms with Gasteiger partial charge in [-0.3, -0.25) is 9.69 Å². The highest BCUT2D eigenvalue weighted by molar-refractivity contribution is 5.85. The molecule has 0 aliphatic carbocycles. The molecular formula is C53H48N6O5. The molecule has 4 heterocycles. The summed E-state index contributed by atoms with van der Waals surface area (Å²) in [4.78, 5) is 22.3. The Bertz CT molecular complexity index is 3140. The van der Waals surface area contributed by atoms with Gasteiger partial charge in [-0.15, -0.1) is 0 Å². The van der Waals surface area contributed by atoms with Crippen LogP contribution in [0.4, 0.5) is 0 Å². The zero-order valence-corrected chi connectivity index (χ0v) is 36.5. The van der Waals surface area contributed by atoms with Crippen molar-refractivity contribution in [3.8, 4) is 67.9 Å². The maximum Gasteiger partial charge on any atom is 0.317 e. The van der Waals surface area contributed by atoms with E-state index in [9.17, 15) is 4.79 Å². The molecule has 1 aliphatic heterocycles. The van der Waals surface area contributed by atoms with E-state index in [1.165, 1.54) is 44.5 Å². The van der Waals surface area contributed by atoms with Gasteiger partial charge in [0.2, 0.25) is 11.6 Å². The molecule has 3 aromatic heterocycles. The molecule has 0 saturated carbocycles. The molecule has 1 N–H and O–H groups in total. The first-order chi connectivity index (χ1) is 31.1. The molecule has 1 aliphatic rings. The van der Waals surface area contributed by atoms with Gasteiger partial charge in [-0.1, -0.05) is 83.1 Å². The largest absolute Gasteiger partial charge is 0.480 e. The van der Waals surface area contributed by atoms with Crippen molar-refractivity contribution >= 4 is 16.9 Å². The number of hydrogen-bond donors (Lipinski definition) is 1. The summed E-state index contributed by atoms with van der Waals surface area (Å²) in [5.41, 5.74) is 16.5. The monoisotopic (exact) mass is 848 g/mol. The van der Waals surface area contributed by atoms with Crippen LogP contribution in [0, 0.1) is 20.8 Å². The summed E-state index contributed by atoms with van der Waals surface area (Å²) in [6.45, 7) is 8.20. The van der Waals surface area contributed by atoms with Crippen LogP contribution >= 0.6 is 0 Å². The van der Waals surface area contributed by atoms with Crippen LogP contribution in [0.5, 0.6) is 0 Å². The predicted octanol–water partition coefficient (Wildman–Crippen LogP) is 11.1. The number of aryl methyl sites for hydroxylation is 4. The van der Waals surface area contributed by atoms with Crippen molar-refractivity contribution in [1.82, 2.24) is 29.7 Å². The number of nitrogens with zero attached hydrogens (tertiary/aromatic N) is 6. The number of aliphatic carboxylic acids is 1. The Labute approximate surface area is 371 Å². The minimum atomic E-state index is -0.811. The lowest BCUT2D eigenvalue weighted by Gasteiger charge is -2.27. The van der Waals surface area contributed by atoms with Gasteiger partial charge in [0.25, 0.3) is 11.8 Å². The van der Waals surface area contributed by atoms with Crippen molar-refractivity contribution in [2.75, 3.05) is 20.2 Å². The third-order valence-electron chi connectivity index (χ3n) is 11.9. The molecule has 0 amide bonds. The van der Waals surface area contributed by atoms with Crippen LogP contribution in [0.3, 0.4) is 0 Å². The lowest BCUT2D eigenvalue weighted by Crippen LogP contribution is -2.34. The second kappa shape index (κ2) is 18.1. The Balaban J connectivity index is 0.000000165. The van der Waals surface area contributed by atoms with Gasteiger partial charge in [0.1, 0.15) is 0 Å². The van der Waals surface area contributed by atoms with Crippen molar-refractivity contribution < 1.29 is 23.7 Å². The van der Waals surface area contributed by atoms with Gasteiger partial charge in [0, 0.05) is 66.6 Å². The van der Waals surface area contributed by atoms with Crippen LogP contribution in [0.25, 0.3) is 78.8 Å². The second-order valence-corrected chi connectivity index (χ2v) is 16.3. The van der Waals surface area contributed by atoms with E-state index in [2.05, 4.69) is 131 Å². The standard InChI is InChI=1S/C28H27N3O4.C25H21N3O/c1-18-5-3-4-6-24(18)25-10-9-21(14-23(25)17-34-2)28-29-27(30-35-28)20-8-7-19-11-12-31(16-26(32)33)15-22(19)13-20;1-16-6-4-5-7-21(16)22-10-8-20(14-17(22)2)25-26-24(27-29-25)19-9-11-23-18(15-19)12-13-28(23)3/h3-10,13-14H,11-12,15-17H2,1-2H3,(H,32,33);4-15H,1-3H3. The number of aromatic nitrogens is 5. The highest BCUT2D eigenvalue weighted by Gasteiger charge is 2.21. The number of carboxylic acids is 1. The van der Waals surface area contributed by atoms with Crippen LogP contribution in [0.1, 0.15) is 33.4 Å². The SMILES string of the molecule is COCc1cc(-c2nc(-c3ccc4c(c3)CN(CC(=O)O)CC4)no2)ccc1-c1ccccc1C.Cc1ccccc1-c1ccc(-c2nc(-c3ccc4c(ccn4C)c3)no2)cc1C. The van der Waals surface area contributed by atoms with Gasteiger partial charge in [0.05, 0.1) is 13.2 Å². The number of methoxy groups -OCH3 is 1. The number of fused-ring (bicyclic) bond motifs is 2. The van der Waals surface area contributed by atoms with Gasteiger partial charge in [-0.25, -0.2) is 0 Å². The van der Waals surface area contributed by atoms with Crippen molar-refractivity contribution in [2.45, 2.75) is 40.3 Å².